The molecule has 0 aliphatic heterocycles. The quantitative estimate of drug-likeness (QED) is 0.496. The number of para-hydroxylation sites is 1. The van der Waals surface area contributed by atoms with Crippen molar-refractivity contribution in [3.05, 3.63) is 30.3 Å². The molecule has 1 aromatic carbocycles. The molecule has 0 radical (unpaired) electrons. The van der Waals surface area contributed by atoms with Crippen LogP contribution in [0.2, 0.25) is 0 Å². The molecule has 27 heavy (non-hydrogen) atoms. The zero-order valence-electron chi connectivity index (χ0n) is 16.8. The second-order valence-electron chi connectivity index (χ2n) is 8.81. The van der Waals surface area contributed by atoms with Crippen LogP contribution in [0.5, 0.6) is 5.75 Å². The molecule has 0 aromatic heterocycles. The molecule has 0 saturated heterocycles. The lowest BCUT2D eigenvalue weighted by atomic mass is 9.62. The maximum atomic E-state index is 11.5. The van der Waals surface area contributed by atoms with Crippen LogP contribution in [0.15, 0.2) is 30.3 Å². The molecule has 0 spiro atoms. The molecular formula is C21H32N2O2S2. The van der Waals surface area contributed by atoms with Crippen LogP contribution in [0.3, 0.4) is 0 Å². The van der Waals surface area contributed by atoms with Crippen molar-refractivity contribution >= 4 is 35.3 Å². The van der Waals surface area contributed by atoms with Crippen molar-refractivity contribution in [3.8, 4) is 5.75 Å². The summed E-state index contributed by atoms with van der Waals surface area (Å²) in [4.78, 5) is 13.6. The van der Waals surface area contributed by atoms with Crippen molar-refractivity contribution in [2.45, 2.75) is 59.4 Å². The molecule has 0 heterocycles. The molecule has 1 aliphatic carbocycles. The minimum absolute atomic E-state index is 0.0297. The van der Waals surface area contributed by atoms with Crippen LogP contribution in [0.4, 0.5) is 4.79 Å². The molecule has 1 saturated carbocycles. The molecule has 2 rings (SSSR count). The standard InChI is InChI=1S/C21H32N2O2S2/c1-5-11-23(19(27)25-17-9-7-6-8-10-17)15-21(4)13-16(22-18(24)26)12-20(2,3)14-21/h6-10,16H,5,11-15H2,1-4H3,(H2,22,24,26). The van der Waals surface area contributed by atoms with Gasteiger partial charge in [-0.1, -0.05) is 58.5 Å². The van der Waals surface area contributed by atoms with Gasteiger partial charge in [0, 0.05) is 19.1 Å². The summed E-state index contributed by atoms with van der Waals surface area (Å²) in [6, 6.07) is 9.81. The lowest BCUT2D eigenvalue weighted by Crippen LogP contribution is -2.51. The summed E-state index contributed by atoms with van der Waals surface area (Å²) in [6.07, 6.45) is 3.95. The van der Waals surface area contributed by atoms with E-state index in [1.54, 1.807) is 0 Å². The summed E-state index contributed by atoms with van der Waals surface area (Å²) in [5, 5.41) is 3.27. The molecule has 4 nitrogen and oxygen atoms in total. The number of benzene rings is 1. The fraction of sp³-hybridized carbons (Fsp3) is 0.619. The van der Waals surface area contributed by atoms with Gasteiger partial charge in [-0.2, -0.15) is 0 Å². The molecule has 1 N–H and O–H groups in total. The number of carbonyl (C=O) groups excluding carboxylic acids is 1. The molecule has 0 bridgehead atoms. The first-order valence-electron chi connectivity index (χ1n) is 9.64. The first kappa shape index (κ1) is 22.0. The number of rotatable bonds is 6. The maximum Gasteiger partial charge on any atom is 0.276 e. The lowest BCUT2D eigenvalue weighted by molar-refractivity contribution is 0.0544. The molecule has 150 valence electrons. The second kappa shape index (κ2) is 9.28. The zero-order chi connectivity index (χ0) is 20.1. The van der Waals surface area contributed by atoms with Gasteiger partial charge < -0.3 is 15.0 Å². The summed E-state index contributed by atoms with van der Waals surface area (Å²) in [5.74, 6) is 0.762. The Labute approximate surface area is 174 Å². The molecule has 6 heteroatoms. The first-order valence-corrected chi connectivity index (χ1v) is 10.5. The van der Waals surface area contributed by atoms with E-state index in [0.717, 1.165) is 44.5 Å². The fourth-order valence-corrected chi connectivity index (χ4v) is 5.08. The van der Waals surface area contributed by atoms with Gasteiger partial charge >= 0.3 is 0 Å². The predicted octanol–water partition coefficient (Wildman–Crippen LogP) is 5.29. The van der Waals surface area contributed by atoms with Gasteiger partial charge in [0.15, 0.2) is 0 Å². The van der Waals surface area contributed by atoms with E-state index < -0.39 is 0 Å². The van der Waals surface area contributed by atoms with Gasteiger partial charge in [0.1, 0.15) is 5.75 Å². The molecule has 1 fully saturated rings. The predicted molar refractivity (Wildman–Crippen MR) is 119 cm³/mol. The number of amides is 1. The molecule has 1 amide bonds. The first-order chi connectivity index (χ1) is 12.6. The van der Waals surface area contributed by atoms with Crippen molar-refractivity contribution in [1.29, 1.82) is 0 Å². The minimum Gasteiger partial charge on any atom is -0.432 e. The van der Waals surface area contributed by atoms with Crippen molar-refractivity contribution in [2.24, 2.45) is 10.8 Å². The summed E-state index contributed by atoms with van der Waals surface area (Å²) in [5.41, 5.74) is 0.176. The number of nitrogens with one attached hydrogen (secondary N) is 1. The Balaban J connectivity index is 2.12. The Hall–Kier alpha value is -1.27. The van der Waals surface area contributed by atoms with E-state index in [9.17, 15) is 4.79 Å². The summed E-state index contributed by atoms with van der Waals surface area (Å²) in [6.45, 7) is 10.6. The van der Waals surface area contributed by atoms with Crippen LogP contribution in [0.25, 0.3) is 0 Å². The van der Waals surface area contributed by atoms with Gasteiger partial charge in [0.05, 0.1) is 0 Å². The Kier molecular flexibility index (Phi) is 7.57. The maximum absolute atomic E-state index is 11.5. The average Bonchev–Trinajstić information content (AvgIpc) is 2.52. The number of nitrogens with zero attached hydrogens (tertiary/aromatic N) is 1. The number of hydrogen-bond donors (Lipinski definition) is 2. The number of carbonyl (C=O) groups is 1. The highest BCUT2D eigenvalue weighted by Gasteiger charge is 2.42. The van der Waals surface area contributed by atoms with Crippen LogP contribution in [-0.4, -0.2) is 34.4 Å². The minimum atomic E-state index is -0.256. The van der Waals surface area contributed by atoms with E-state index in [0.29, 0.717) is 5.17 Å². The molecule has 2 atom stereocenters. The Bertz CT molecular complexity index is 651. The molecule has 1 aromatic rings. The van der Waals surface area contributed by atoms with Gasteiger partial charge in [-0.15, -0.1) is 0 Å². The largest absolute Gasteiger partial charge is 0.432 e. The third-order valence-corrected chi connectivity index (χ3v) is 5.51. The lowest BCUT2D eigenvalue weighted by Gasteiger charge is -2.48. The topological polar surface area (TPSA) is 41.6 Å². The average molecular weight is 409 g/mol. The number of hydrogen-bond acceptors (Lipinski definition) is 3. The van der Waals surface area contributed by atoms with Gasteiger partial charge in [-0.3, -0.25) is 4.79 Å². The Morgan fingerprint density at radius 1 is 1.30 bits per heavy atom. The van der Waals surface area contributed by atoms with E-state index in [4.69, 9.17) is 17.0 Å². The smallest absolute Gasteiger partial charge is 0.276 e. The summed E-state index contributed by atoms with van der Waals surface area (Å²) >= 11 is 9.53. The third kappa shape index (κ3) is 7.00. The van der Waals surface area contributed by atoms with Crippen molar-refractivity contribution in [1.82, 2.24) is 10.2 Å². The van der Waals surface area contributed by atoms with E-state index >= 15 is 0 Å². The van der Waals surface area contributed by atoms with Gasteiger partial charge in [-0.05, 0) is 60.9 Å². The van der Waals surface area contributed by atoms with E-state index in [-0.39, 0.29) is 22.1 Å². The number of thiocarbonyl (C=S) groups is 1. The third-order valence-electron chi connectivity index (χ3n) is 5.04. The van der Waals surface area contributed by atoms with Gasteiger partial charge in [0.2, 0.25) is 0 Å². The van der Waals surface area contributed by atoms with Gasteiger partial charge in [0.25, 0.3) is 10.4 Å². The highest BCUT2D eigenvalue weighted by molar-refractivity contribution is 7.96. The number of thiol groups is 1. The monoisotopic (exact) mass is 408 g/mol. The molecule has 1 aliphatic rings. The van der Waals surface area contributed by atoms with Crippen LogP contribution in [0.1, 0.15) is 53.4 Å². The van der Waals surface area contributed by atoms with Crippen molar-refractivity contribution < 1.29 is 9.53 Å². The zero-order valence-corrected chi connectivity index (χ0v) is 18.5. The van der Waals surface area contributed by atoms with E-state index in [1.807, 2.05) is 30.3 Å². The highest BCUT2D eigenvalue weighted by atomic mass is 32.1. The normalized spacial score (nSPS) is 24.1. The van der Waals surface area contributed by atoms with Crippen LogP contribution in [-0.2, 0) is 0 Å². The van der Waals surface area contributed by atoms with E-state index in [1.165, 1.54) is 0 Å². The Morgan fingerprint density at radius 3 is 2.56 bits per heavy atom. The van der Waals surface area contributed by atoms with Crippen molar-refractivity contribution in [3.63, 3.8) is 0 Å². The second-order valence-corrected chi connectivity index (χ2v) is 9.56. The fourth-order valence-electron chi connectivity index (χ4n) is 4.65. The summed E-state index contributed by atoms with van der Waals surface area (Å²) in [7, 11) is 0. The molecular weight excluding hydrogens is 376 g/mol. The number of ether oxygens (including phenoxy) is 1. The van der Waals surface area contributed by atoms with Crippen LogP contribution < -0.4 is 10.1 Å². The van der Waals surface area contributed by atoms with Crippen LogP contribution in [0, 0.1) is 10.8 Å². The highest BCUT2D eigenvalue weighted by Crippen LogP contribution is 2.46. The SMILES string of the molecule is CCCN(CC1(C)CC(NC(=O)S)CC(C)(C)C1)C(=S)Oc1ccccc1. The summed E-state index contributed by atoms with van der Waals surface area (Å²) < 4.78 is 5.93. The van der Waals surface area contributed by atoms with Gasteiger partial charge in [-0.25, -0.2) is 0 Å². The van der Waals surface area contributed by atoms with E-state index in [2.05, 4.69) is 50.5 Å². The Morgan fingerprint density at radius 2 is 1.96 bits per heavy atom. The van der Waals surface area contributed by atoms with Crippen molar-refractivity contribution in [2.75, 3.05) is 13.1 Å². The molecule has 2 unspecified atom stereocenters. The van der Waals surface area contributed by atoms with Crippen LogP contribution >= 0.6 is 24.8 Å².